The van der Waals surface area contributed by atoms with Gasteiger partial charge in [0, 0.05) is 0 Å². The fourth-order valence-electron chi connectivity index (χ4n) is 2.12. The topological polar surface area (TPSA) is 20.2 Å². The van der Waals surface area contributed by atoms with Crippen LogP contribution in [0.4, 0.5) is 0 Å². The molecule has 1 N–H and O–H groups in total. The molecule has 0 atom stereocenters. The van der Waals surface area contributed by atoms with E-state index in [2.05, 4.69) is 32.0 Å². The van der Waals surface area contributed by atoms with Crippen LogP contribution in [0.5, 0.6) is 0 Å². The molecule has 0 spiro atoms. The Morgan fingerprint density at radius 3 is 2.38 bits per heavy atom. The van der Waals surface area contributed by atoms with Gasteiger partial charge in [-0.25, -0.2) is 0 Å². The Hall–Kier alpha value is -0.820. The summed E-state index contributed by atoms with van der Waals surface area (Å²) in [5, 5.41) is 10.2. The highest BCUT2D eigenvalue weighted by Gasteiger charge is 2.36. The first kappa shape index (κ1) is 8.76. The molecule has 0 amide bonds. The van der Waals surface area contributed by atoms with E-state index in [1.807, 2.05) is 0 Å². The summed E-state index contributed by atoms with van der Waals surface area (Å²) < 4.78 is 0. The Balaban J connectivity index is 2.40. The number of hydrogen-bond acceptors (Lipinski definition) is 1. The quantitative estimate of drug-likeness (QED) is 0.697. The molecule has 1 fully saturated rings. The van der Waals surface area contributed by atoms with E-state index in [4.69, 9.17) is 0 Å². The van der Waals surface area contributed by atoms with Gasteiger partial charge >= 0.3 is 0 Å². The summed E-state index contributed by atoms with van der Waals surface area (Å²) in [5.74, 6) is 0. The van der Waals surface area contributed by atoms with Crippen LogP contribution in [0.2, 0.25) is 0 Å². The van der Waals surface area contributed by atoms with Gasteiger partial charge in [-0.2, -0.15) is 0 Å². The van der Waals surface area contributed by atoms with Gasteiger partial charge in [0.1, 0.15) is 0 Å². The molecule has 1 aliphatic carbocycles. The van der Waals surface area contributed by atoms with Crippen molar-refractivity contribution < 1.29 is 5.11 Å². The second-order valence-electron chi connectivity index (χ2n) is 4.20. The molecule has 0 bridgehead atoms. The first-order chi connectivity index (χ1) is 6.12. The third-order valence-corrected chi connectivity index (χ3v) is 3.06. The van der Waals surface area contributed by atoms with Crippen molar-refractivity contribution in [1.29, 1.82) is 0 Å². The molecule has 1 nitrogen and oxygen atoms in total. The second kappa shape index (κ2) is 2.85. The van der Waals surface area contributed by atoms with Crippen molar-refractivity contribution in [3.8, 4) is 0 Å². The number of aliphatic hydroxyl groups is 1. The molecule has 0 unspecified atom stereocenters. The third kappa shape index (κ3) is 1.37. The molecule has 0 saturated heterocycles. The fraction of sp³-hybridized carbons (Fsp3) is 0.500. The summed E-state index contributed by atoms with van der Waals surface area (Å²) in [4.78, 5) is 0. The molecule has 0 aromatic heterocycles. The summed E-state index contributed by atoms with van der Waals surface area (Å²) in [6.07, 6.45) is 3.01. The monoisotopic (exact) mass is 176 g/mol. The van der Waals surface area contributed by atoms with Gasteiger partial charge in [-0.05, 0) is 44.2 Å². The predicted molar refractivity (Wildman–Crippen MR) is 53.7 cm³/mol. The van der Waals surface area contributed by atoms with E-state index in [9.17, 15) is 5.11 Å². The van der Waals surface area contributed by atoms with Crippen molar-refractivity contribution in [2.45, 2.75) is 38.7 Å². The number of rotatable bonds is 1. The summed E-state index contributed by atoms with van der Waals surface area (Å²) in [5.41, 5.74) is 3.12. The maximum Gasteiger partial charge on any atom is 0.0899 e. The van der Waals surface area contributed by atoms with Gasteiger partial charge in [-0.3, -0.25) is 0 Å². The lowest BCUT2D eigenvalue weighted by Crippen LogP contribution is -2.34. The van der Waals surface area contributed by atoms with Crippen LogP contribution < -0.4 is 0 Å². The number of hydrogen-bond donors (Lipinski definition) is 1. The molecule has 70 valence electrons. The van der Waals surface area contributed by atoms with Gasteiger partial charge in [0.05, 0.1) is 5.60 Å². The van der Waals surface area contributed by atoms with Crippen molar-refractivity contribution >= 4 is 0 Å². The highest BCUT2D eigenvalue weighted by Crippen LogP contribution is 2.42. The molecule has 1 aromatic rings. The second-order valence-corrected chi connectivity index (χ2v) is 4.20. The average molecular weight is 176 g/mol. The molecule has 1 heteroatoms. The van der Waals surface area contributed by atoms with Crippen molar-refractivity contribution in [2.24, 2.45) is 0 Å². The molecule has 0 aliphatic heterocycles. The maximum absolute atomic E-state index is 10.2. The summed E-state index contributed by atoms with van der Waals surface area (Å²) in [6.45, 7) is 4.17. The summed E-state index contributed by atoms with van der Waals surface area (Å²) in [6, 6.07) is 6.30. The van der Waals surface area contributed by atoms with Gasteiger partial charge in [0.25, 0.3) is 0 Å². The average Bonchev–Trinajstić information content (AvgIpc) is 2.00. The van der Waals surface area contributed by atoms with E-state index >= 15 is 0 Å². The molecule has 13 heavy (non-hydrogen) atoms. The first-order valence-electron chi connectivity index (χ1n) is 4.92. The fourth-order valence-corrected chi connectivity index (χ4v) is 2.12. The Bertz CT molecular complexity index is 324. The molecule has 1 saturated carbocycles. The Morgan fingerprint density at radius 1 is 1.23 bits per heavy atom. The van der Waals surface area contributed by atoms with Gasteiger partial charge < -0.3 is 5.11 Å². The molecule has 1 aromatic carbocycles. The van der Waals surface area contributed by atoms with Crippen LogP contribution >= 0.6 is 0 Å². The van der Waals surface area contributed by atoms with Crippen molar-refractivity contribution in [1.82, 2.24) is 0 Å². The van der Waals surface area contributed by atoms with Crippen molar-refractivity contribution in [3.63, 3.8) is 0 Å². The lowest BCUT2D eigenvalue weighted by atomic mass is 9.73. The van der Waals surface area contributed by atoms with Crippen LogP contribution in [0.25, 0.3) is 0 Å². The minimum Gasteiger partial charge on any atom is -0.385 e. The molecule has 0 heterocycles. The Morgan fingerprint density at radius 2 is 1.92 bits per heavy atom. The normalized spacial score (nSPS) is 19.6. The number of benzene rings is 1. The number of aryl methyl sites for hydroxylation is 2. The van der Waals surface area contributed by atoms with Crippen LogP contribution in [0.1, 0.15) is 36.0 Å². The zero-order chi connectivity index (χ0) is 9.47. The summed E-state index contributed by atoms with van der Waals surface area (Å²) >= 11 is 0. The standard InChI is InChI=1S/C12H16O/c1-9-4-5-11(10(2)8-9)12(13)6-3-7-12/h4-5,8,13H,3,6-7H2,1-2H3. The van der Waals surface area contributed by atoms with E-state index in [0.717, 1.165) is 24.8 Å². The Labute approximate surface area is 79.4 Å². The van der Waals surface area contributed by atoms with Crippen LogP contribution in [0.3, 0.4) is 0 Å². The third-order valence-electron chi connectivity index (χ3n) is 3.06. The van der Waals surface area contributed by atoms with Gasteiger partial charge in [0.15, 0.2) is 0 Å². The zero-order valence-electron chi connectivity index (χ0n) is 8.30. The maximum atomic E-state index is 10.2. The van der Waals surface area contributed by atoms with Crippen molar-refractivity contribution in [3.05, 3.63) is 34.9 Å². The summed E-state index contributed by atoms with van der Waals surface area (Å²) in [7, 11) is 0. The minimum absolute atomic E-state index is 0.502. The van der Waals surface area contributed by atoms with Gasteiger partial charge in [-0.15, -0.1) is 0 Å². The molecule has 2 rings (SSSR count). The molecular formula is C12H16O. The van der Waals surface area contributed by atoms with E-state index in [0.29, 0.717) is 0 Å². The SMILES string of the molecule is Cc1ccc(C2(O)CCC2)c(C)c1. The smallest absolute Gasteiger partial charge is 0.0899 e. The van der Waals surface area contributed by atoms with E-state index in [1.54, 1.807) is 0 Å². The minimum atomic E-state index is -0.502. The van der Waals surface area contributed by atoms with Gasteiger partial charge in [0.2, 0.25) is 0 Å². The highest BCUT2D eigenvalue weighted by atomic mass is 16.3. The van der Waals surface area contributed by atoms with E-state index < -0.39 is 5.60 Å². The van der Waals surface area contributed by atoms with Crippen LogP contribution in [0.15, 0.2) is 18.2 Å². The lowest BCUT2D eigenvalue weighted by molar-refractivity contribution is -0.0393. The highest BCUT2D eigenvalue weighted by molar-refractivity contribution is 5.35. The Kier molecular flexibility index (Phi) is 1.92. The zero-order valence-corrected chi connectivity index (χ0v) is 8.30. The van der Waals surface area contributed by atoms with Crippen LogP contribution in [-0.4, -0.2) is 5.11 Å². The molecular weight excluding hydrogens is 160 g/mol. The van der Waals surface area contributed by atoms with Crippen molar-refractivity contribution in [2.75, 3.05) is 0 Å². The molecule has 0 radical (unpaired) electrons. The first-order valence-corrected chi connectivity index (χ1v) is 4.92. The lowest BCUT2D eigenvalue weighted by Gasteiger charge is -2.38. The predicted octanol–water partition coefficient (Wildman–Crippen LogP) is 2.67. The van der Waals surface area contributed by atoms with Crippen LogP contribution in [-0.2, 0) is 5.60 Å². The largest absolute Gasteiger partial charge is 0.385 e. The van der Waals surface area contributed by atoms with Crippen LogP contribution in [0, 0.1) is 13.8 Å². The van der Waals surface area contributed by atoms with E-state index in [-0.39, 0.29) is 0 Å². The van der Waals surface area contributed by atoms with E-state index in [1.165, 1.54) is 11.1 Å². The molecule has 1 aliphatic rings. The van der Waals surface area contributed by atoms with Gasteiger partial charge in [-0.1, -0.05) is 23.8 Å².